The van der Waals surface area contributed by atoms with Crippen LogP contribution in [0.25, 0.3) is 0 Å². The summed E-state index contributed by atoms with van der Waals surface area (Å²) in [6, 6.07) is 7.53. The third-order valence-corrected chi connectivity index (χ3v) is 4.00. The molecule has 5 nitrogen and oxygen atoms in total. The second kappa shape index (κ2) is 7.64. The van der Waals surface area contributed by atoms with Gasteiger partial charge in [0.15, 0.2) is 6.54 Å². The number of nitrogens with two attached hydrogens (primary N) is 1. The van der Waals surface area contributed by atoms with Crippen LogP contribution in [0.2, 0.25) is 0 Å². The number of aryl methyl sites for hydroxylation is 1. The lowest BCUT2D eigenvalue weighted by atomic mass is 10.1. The maximum absolute atomic E-state index is 12.4. The normalized spacial score (nSPS) is 10.7. The number of hydrogen-bond donors (Lipinski definition) is 1. The number of aromatic nitrogens is 2. The van der Waals surface area contributed by atoms with Gasteiger partial charge in [0.2, 0.25) is 11.6 Å². The molecule has 2 rings (SSSR count). The van der Waals surface area contributed by atoms with Crippen molar-refractivity contribution in [1.29, 1.82) is 0 Å². The van der Waals surface area contributed by atoms with Crippen molar-refractivity contribution in [1.82, 2.24) is 4.98 Å². The quantitative estimate of drug-likeness (QED) is 0.449. The largest absolute Gasteiger partial charge is 0.377 e. The van der Waals surface area contributed by atoms with E-state index in [2.05, 4.69) is 27.6 Å². The topological polar surface area (TPSA) is 69.1 Å². The van der Waals surface area contributed by atoms with Crippen molar-refractivity contribution in [3.63, 3.8) is 0 Å². The van der Waals surface area contributed by atoms with Gasteiger partial charge in [-0.05, 0) is 46.6 Å². The van der Waals surface area contributed by atoms with E-state index >= 15 is 0 Å². The third-order valence-electron chi connectivity index (χ3n) is 3.28. The Hall–Kier alpha value is -1.54. The van der Waals surface area contributed by atoms with Gasteiger partial charge in [0.25, 0.3) is 5.82 Å². The van der Waals surface area contributed by atoms with Crippen LogP contribution in [0.3, 0.4) is 0 Å². The van der Waals surface area contributed by atoms with Crippen molar-refractivity contribution in [2.75, 3.05) is 12.3 Å². The van der Waals surface area contributed by atoms with Crippen LogP contribution in [-0.4, -0.2) is 17.4 Å². The van der Waals surface area contributed by atoms with Crippen molar-refractivity contribution in [2.24, 2.45) is 0 Å². The second-order valence-corrected chi connectivity index (χ2v) is 6.14. The van der Waals surface area contributed by atoms with Crippen molar-refractivity contribution in [2.45, 2.75) is 27.0 Å². The fourth-order valence-corrected chi connectivity index (χ4v) is 2.38. The molecule has 0 aliphatic heterocycles. The van der Waals surface area contributed by atoms with Crippen LogP contribution in [0.5, 0.6) is 0 Å². The highest BCUT2D eigenvalue weighted by Gasteiger charge is 2.18. The molecule has 116 valence electrons. The third kappa shape index (κ3) is 4.23. The first-order valence-corrected chi connectivity index (χ1v) is 8.11. The average Bonchev–Trinajstić information content (AvgIpc) is 2.49. The van der Waals surface area contributed by atoms with E-state index in [9.17, 15) is 4.79 Å². The molecule has 0 spiro atoms. The number of rotatable bonds is 6. The number of carbonyl (C=O) groups excluding carboxylic acids is 1. The van der Waals surface area contributed by atoms with Gasteiger partial charge in [0.1, 0.15) is 6.20 Å². The Balaban J connectivity index is 2.21. The number of ether oxygens (including phenoxy) is 1. The summed E-state index contributed by atoms with van der Waals surface area (Å²) in [5, 5.41) is 0. The summed E-state index contributed by atoms with van der Waals surface area (Å²) in [6.07, 6.45) is 1.85. The SMILES string of the molecule is CCOCc1c[n+](CC(=O)c2ccc(I)cc2)c(C)nc1N. The smallest absolute Gasteiger partial charge is 0.298 e. The molecule has 22 heavy (non-hydrogen) atoms. The van der Waals surface area contributed by atoms with Crippen molar-refractivity contribution in [3.05, 3.63) is 51.0 Å². The zero-order chi connectivity index (χ0) is 16.1. The van der Waals surface area contributed by atoms with E-state index in [0.717, 1.165) is 9.13 Å². The first-order valence-electron chi connectivity index (χ1n) is 7.03. The lowest BCUT2D eigenvalue weighted by Gasteiger charge is -2.06. The van der Waals surface area contributed by atoms with E-state index in [0.29, 0.717) is 30.4 Å². The number of nitrogens with zero attached hydrogens (tertiary/aromatic N) is 2. The number of ketones is 1. The molecule has 0 unspecified atom stereocenters. The van der Waals surface area contributed by atoms with Gasteiger partial charge in [0, 0.05) is 22.7 Å². The van der Waals surface area contributed by atoms with E-state index in [1.807, 2.05) is 48.9 Å². The lowest BCUT2D eigenvalue weighted by molar-refractivity contribution is -0.692. The summed E-state index contributed by atoms with van der Waals surface area (Å²) in [6.45, 7) is 5.00. The van der Waals surface area contributed by atoms with Crippen LogP contribution in [0, 0.1) is 10.5 Å². The van der Waals surface area contributed by atoms with Gasteiger partial charge in [-0.15, -0.1) is 0 Å². The molecule has 0 saturated carbocycles. The van der Waals surface area contributed by atoms with Crippen LogP contribution < -0.4 is 10.3 Å². The summed E-state index contributed by atoms with van der Waals surface area (Å²) >= 11 is 2.22. The molecule has 0 aliphatic rings. The molecule has 1 heterocycles. The molecule has 0 bridgehead atoms. The molecule has 0 atom stereocenters. The van der Waals surface area contributed by atoms with E-state index in [1.54, 1.807) is 0 Å². The predicted molar refractivity (Wildman–Crippen MR) is 92.4 cm³/mol. The molecule has 6 heteroatoms. The Morgan fingerprint density at radius 1 is 1.36 bits per heavy atom. The van der Waals surface area contributed by atoms with Crippen LogP contribution in [-0.2, 0) is 17.9 Å². The van der Waals surface area contributed by atoms with E-state index in [-0.39, 0.29) is 12.3 Å². The zero-order valence-corrected chi connectivity index (χ0v) is 14.8. The second-order valence-electron chi connectivity index (χ2n) is 4.89. The Labute approximate surface area is 143 Å². The van der Waals surface area contributed by atoms with Crippen molar-refractivity contribution >= 4 is 34.2 Å². The molecular weight excluding hydrogens is 393 g/mol. The van der Waals surface area contributed by atoms with Crippen LogP contribution in [0.1, 0.15) is 28.7 Å². The number of halogens is 1. The number of Topliss-reactive ketones (excluding diaryl/α,β-unsaturated/α-hetero) is 1. The summed E-state index contributed by atoms with van der Waals surface area (Å²) in [7, 11) is 0. The molecule has 2 N–H and O–H groups in total. The first kappa shape index (κ1) is 16.8. The molecule has 0 amide bonds. The molecule has 0 aliphatic carbocycles. The van der Waals surface area contributed by atoms with E-state index in [1.165, 1.54) is 0 Å². The molecule has 1 aromatic heterocycles. The zero-order valence-electron chi connectivity index (χ0n) is 12.7. The Kier molecular flexibility index (Phi) is 5.84. The maximum atomic E-state index is 12.4. The number of benzene rings is 1. The van der Waals surface area contributed by atoms with Crippen LogP contribution in [0.4, 0.5) is 5.82 Å². The molecular formula is C16H19IN3O2+. The van der Waals surface area contributed by atoms with Gasteiger partial charge in [-0.1, -0.05) is 12.1 Å². The number of anilines is 1. The van der Waals surface area contributed by atoms with Gasteiger partial charge < -0.3 is 10.5 Å². The van der Waals surface area contributed by atoms with Gasteiger partial charge in [0.05, 0.1) is 12.2 Å². The highest BCUT2D eigenvalue weighted by molar-refractivity contribution is 14.1. The molecule has 1 aromatic carbocycles. The van der Waals surface area contributed by atoms with Gasteiger partial charge in [-0.25, -0.2) is 4.57 Å². The monoisotopic (exact) mass is 412 g/mol. The molecule has 0 fully saturated rings. The Morgan fingerprint density at radius 3 is 2.68 bits per heavy atom. The van der Waals surface area contributed by atoms with Gasteiger partial charge in [-0.3, -0.25) is 4.79 Å². The summed E-state index contributed by atoms with van der Waals surface area (Å²) in [5.74, 6) is 1.19. The van der Waals surface area contributed by atoms with Gasteiger partial charge in [-0.2, -0.15) is 0 Å². The Morgan fingerprint density at radius 2 is 2.05 bits per heavy atom. The predicted octanol–water partition coefficient (Wildman–Crippen LogP) is 2.28. The van der Waals surface area contributed by atoms with Crippen molar-refractivity contribution < 1.29 is 14.1 Å². The summed E-state index contributed by atoms with van der Waals surface area (Å²) in [5.41, 5.74) is 7.38. The average molecular weight is 412 g/mol. The fourth-order valence-electron chi connectivity index (χ4n) is 2.02. The minimum atomic E-state index is 0.0402. The molecule has 2 aromatic rings. The van der Waals surface area contributed by atoms with Crippen LogP contribution in [0.15, 0.2) is 30.5 Å². The number of nitrogen functional groups attached to an aromatic ring is 1. The van der Waals surface area contributed by atoms with Crippen molar-refractivity contribution in [3.8, 4) is 0 Å². The van der Waals surface area contributed by atoms with E-state index in [4.69, 9.17) is 10.5 Å². The molecule has 0 saturated heterocycles. The maximum Gasteiger partial charge on any atom is 0.298 e. The van der Waals surface area contributed by atoms with E-state index < -0.39 is 0 Å². The number of carbonyl (C=O) groups is 1. The lowest BCUT2D eigenvalue weighted by Crippen LogP contribution is -2.42. The minimum Gasteiger partial charge on any atom is -0.377 e. The summed E-state index contributed by atoms with van der Waals surface area (Å²) < 4.78 is 8.29. The number of hydrogen-bond acceptors (Lipinski definition) is 4. The highest BCUT2D eigenvalue weighted by Crippen LogP contribution is 2.10. The highest BCUT2D eigenvalue weighted by atomic mass is 127. The first-order chi connectivity index (χ1) is 10.5. The Bertz CT molecular complexity index is 672. The van der Waals surface area contributed by atoms with Gasteiger partial charge >= 0.3 is 0 Å². The summed E-state index contributed by atoms with van der Waals surface area (Å²) in [4.78, 5) is 16.7. The molecule has 0 radical (unpaired) electrons. The fraction of sp³-hybridized carbons (Fsp3) is 0.312. The minimum absolute atomic E-state index is 0.0402. The van der Waals surface area contributed by atoms with Crippen LogP contribution >= 0.6 is 22.6 Å². The standard InChI is InChI=1S/C16H18IN3O2/c1-3-22-10-13-8-20(11(2)19-16(13)18)9-15(21)12-4-6-14(17)7-5-12/h4-8,18H,3,9-10H2,1-2H3/p+1.